The molecule has 1 aliphatic rings. The van der Waals surface area contributed by atoms with Gasteiger partial charge in [0.2, 0.25) is 5.91 Å². The molecule has 1 amide bonds. The third kappa shape index (κ3) is 3.39. The predicted octanol–water partition coefficient (Wildman–Crippen LogP) is 1.76. The molecule has 0 aliphatic heterocycles. The van der Waals surface area contributed by atoms with Crippen LogP contribution in [0.25, 0.3) is 0 Å². The van der Waals surface area contributed by atoms with Gasteiger partial charge in [-0.15, -0.1) is 0 Å². The van der Waals surface area contributed by atoms with Crippen LogP contribution in [-0.2, 0) is 4.79 Å². The van der Waals surface area contributed by atoms with Gasteiger partial charge in [-0.1, -0.05) is 26.7 Å². The van der Waals surface area contributed by atoms with Crippen molar-refractivity contribution in [1.29, 1.82) is 0 Å². The fourth-order valence-electron chi connectivity index (χ4n) is 2.14. The Balaban J connectivity index is 2.41. The molecule has 0 bridgehead atoms. The second-order valence-corrected chi connectivity index (χ2v) is 6.36. The monoisotopic (exact) mass is 244 g/mol. The Kier molecular flexibility index (Phi) is 5.12. The van der Waals surface area contributed by atoms with Crippen molar-refractivity contribution in [3.05, 3.63) is 0 Å². The zero-order valence-electron chi connectivity index (χ0n) is 10.6. The van der Waals surface area contributed by atoms with E-state index in [1.54, 1.807) is 0 Å². The van der Waals surface area contributed by atoms with Crippen molar-refractivity contribution in [1.82, 2.24) is 5.32 Å². The summed E-state index contributed by atoms with van der Waals surface area (Å²) in [6.07, 6.45) is 7.14. The molecule has 0 heterocycles. The van der Waals surface area contributed by atoms with Crippen molar-refractivity contribution in [2.24, 2.45) is 11.7 Å². The number of amides is 1. The first-order valence-electron chi connectivity index (χ1n) is 6.09. The molecule has 16 heavy (non-hydrogen) atoms. The molecule has 0 aromatic rings. The summed E-state index contributed by atoms with van der Waals surface area (Å²) in [5.74, 6) is 0.198. The molecular weight excluding hydrogens is 220 g/mol. The molecule has 1 saturated carbocycles. The maximum Gasteiger partial charge on any atom is 0.237 e. The van der Waals surface area contributed by atoms with Gasteiger partial charge in [0.1, 0.15) is 0 Å². The zero-order valence-corrected chi connectivity index (χ0v) is 11.4. The van der Waals surface area contributed by atoms with Crippen LogP contribution in [0.1, 0.15) is 39.5 Å². The van der Waals surface area contributed by atoms with Crippen LogP contribution in [0.5, 0.6) is 0 Å². The predicted molar refractivity (Wildman–Crippen MR) is 70.5 cm³/mol. The fraction of sp³-hybridized carbons (Fsp3) is 0.917. The Bertz CT molecular complexity index is 237. The van der Waals surface area contributed by atoms with Crippen molar-refractivity contribution < 1.29 is 4.79 Å². The number of hydrogen-bond acceptors (Lipinski definition) is 3. The summed E-state index contributed by atoms with van der Waals surface area (Å²) in [4.78, 5) is 11.8. The lowest BCUT2D eigenvalue weighted by atomic mass is 10.0. The lowest BCUT2D eigenvalue weighted by molar-refractivity contribution is -0.123. The molecule has 3 nitrogen and oxygen atoms in total. The second-order valence-electron chi connectivity index (χ2n) is 5.08. The second kappa shape index (κ2) is 5.92. The summed E-state index contributed by atoms with van der Waals surface area (Å²) < 4.78 is 0.270. The summed E-state index contributed by atoms with van der Waals surface area (Å²) in [7, 11) is 0. The van der Waals surface area contributed by atoms with Crippen molar-refractivity contribution in [2.75, 3.05) is 12.8 Å². The lowest BCUT2D eigenvalue weighted by Crippen LogP contribution is -2.48. The summed E-state index contributed by atoms with van der Waals surface area (Å²) in [5, 5.41) is 3.01. The van der Waals surface area contributed by atoms with Crippen molar-refractivity contribution in [3.63, 3.8) is 0 Å². The van der Waals surface area contributed by atoms with Gasteiger partial charge < -0.3 is 11.1 Å². The summed E-state index contributed by atoms with van der Waals surface area (Å²) >= 11 is 1.89. The van der Waals surface area contributed by atoms with Crippen molar-refractivity contribution >= 4 is 17.7 Å². The molecule has 1 fully saturated rings. The van der Waals surface area contributed by atoms with Gasteiger partial charge in [0.25, 0.3) is 0 Å². The van der Waals surface area contributed by atoms with E-state index < -0.39 is 0 Å². The lowest BCUT2D eigenvalue weighted by Gasteiger charge is -2.28. The maximum atomic E-state index is 11.8. The minimum Gasteiger partial charge on any atom is -0.353 e. The van der Waals surface area contributed by atoms with Gasteiger partial charge in [-0.2, -0.15) is 11.8 Å². The smallest absolute Gasteiger partial charge is 0.237 e. The normalized spacial score (nSPS) is 21.1. The van der Waals surface area contributed by atoms with E-state index in [1.807, 2.05) is 25.6 Å². The molecule has 0 radical (unpaired) electrons. The Morgan fingerprint density at radius 2 is 2.00 bits per heavy atom. The number of nitrogens with one attached hydrogen (secondary N) is 1. The number of carbonyl (C=O) groups is 1. The standard InChI is InChI=1S/C12H24N2OS/c1-9(2)10(13)11(15)14-8-12(16-3)6-4-5-7-12/h9-10H,4-8,13H2,1-3H3,(H,14,15)/t10-/m0/s1. The topological polar surface area (TPSA) is 55.1 Å². The first kappa shape index (κ1) is 13.8. The Labute approximate surface area is 103 Å². The van der Waals surface area contributed by atoms with Gasteiger partial charge >= 0.3 is 0 Å². The van der Waals surface area contributed by atoms with Gasteiger partial charge in [0, 0.05) is 11.3 Å². The number of thioether (sulfide) groups is 1. The molecule has 4 heteroatoms. The van der Waals surface area contributed by atoms with Crippen molar-refractivity contribution in [2.45, 2.75) is 50.3 Å². The third-order valence-electron chi connectivity index (χ3n) is 3.55. The maximum absolute atomic E-state index is 11.8. The minimum atomic E-state index is -0.375. The first-order chi connectivity index (χ1) is 7.51. The largest absolute Gasteiger partial charge is 0.353 e. The van der Waals surface area contributed by atoms with Crippen LogP contribution in [0.15, 0.2) is 0 Å². The average Bonchev–Trinajstić information content (AvgIpc) is 2.74. The van der Waals surface area contributed by atoms with Gasteiger partial charge in [-0.3, -0.25) is 4.79 Å². The van der Waals surface area contributed by atoms with E-state index in [0.717, 1.165) is 6.54 Å². The Hall–Kier alpha value is -0.220. The Morgan fingerprint density at radius 3 is 2.44 bits per heavy atom. The number of hydrogen-bond donors (Lipinski definition) is 2. The van der Waals surface area contributed by atoms with Gasteiger partial charge in [-0.05, 0) is 25.0 Å². The quantitative estimate of drug-likeness (QED) is 0.775. The molecule has 1 atom stereocenters. The van der Waals surface area contributed by atoms with Crippen LogP contribution in [0, 0.1) is 5.92 Å². The molecular formula is C12H24N2OS. The molecule has 0 saturated heterocycles. The van der Waals surface area contributed by atoms with Crippen LogP contribution < -0.4 is 11.1 Å². The van der Waals surface area contributed by atoms with E-state index in [0.29, 0.717) is 0 Å². The van der Waals surface area contributed by atoms with E-state index >= 15 is 0 Å². The molecule has 0 aromatic carbocycles. The van der Waals surface area contributed by atoms with E-state index in [-0.39, 0.29) is 22.6 Å². The van der Waals surface area contributed by atoms with Crippen LogP contribution in [0.4, 0.5) is 0 Å². The average molecular weight is 244 g/mol. The molecule has 0 aromatic heterocycles. The van der Waals surface area contributed by atoms with Crippen LogP contribution in [0.3, 0.4) is 0 Å². The molecule has 1 rings (SSSR count). The van der Waals surface area contributed by atoms with E-state index in [4.69, 9.17) is 5.73 Å². The number of carbonyl (C=O) groups excluding carboxylic acids is 1. The molecule has 1 aliphatic carbocycles. The highest BCUT2D eigenvalue weighted by Gasteiger charge is 2.33. The van der Waals surface area contributed by atoms with E-state index in [9.17, 15) is 4.79 Å². The van der Waals surface area contributed by atoms with E-state index in [2.05, 4.69) is 11.6 Å². The van der Waals surface area contributed by atoms with Gasteiger partial charge in [0.05, 0.1) is 6.04 Å². The number of rotatable bonds is 5. The van der Waals surface area contributed by atoms with Crippen molar-refractivity contribution in [3.8, 4) is 0 Å². The zero-order chi connectivity index (χ0) is 12.2. The molecule has 3 N–H and O–H groups in total. The van der Waals surface area contributed by atoms with Crippen LogP contribution in [-0.4, -0.2) is 29.5 Å². The van der Waals surface area contributed by atoms with Gasteiger partial charge in [-0.25, -0.2) is 0 Å². The first-order valence-corrected chi connectivity index (χ1v) is 7.32. The molecule has 0 spiro atoms. The minimum absolute atomic E-state index is 0.00433. The van der Waals surface area contributed by atoms with Gasteiger partial charge in [0.15, 0.2) is 0 Å². The number of nitrogens with two attached hydrogens (primary N) is 1. The highest BCUT2D eigenvalue weighted by molar-refractivity contribution is 8.00. The summed E-state index contributed by atoms with van der Waals surface area (Å²) in [6, 6.07) is -0.375. The van der Waals surface area contributed by atoms with E-state index in [1.165, 1.54) is 25.7 Å². The highest BCUT2D eigenvalue weighted by Crippen LogP contribution is 2.39. The summed E-state index contributed by atoms with van der Waals surface area (Å²) in [5.41, 5.74) is 5.81. The Morgan fingerprint density at radius 1 is 1.44 bits per heavy atom. The molecule has 0 unspecified atom stereocenters. The SMILES string of the molecule is CSC1(CNC(=O)[C@@H](N)C(C)C)CCCC1. The fourth-order valence-corrected chi connectivity index (χ4v) is 3.05. The third-order valence-corrected chi connectivity index (χ3v) is 4.97. The molecule has 94 valence electrons. The van der Waals surface area contributed by atoms with Crippen LogP contribution in [0.2, 0.25) is 0 Å². The summed E-state index contributed by atoms with van der Waals surface area (Å²) in [6.45, 7) is 4.72. The van der Waals surface area contributed by atoms with Crippen LogP contribution >= 0.6 is 11.8 Å². The highest BCUT2D eigenvalue weighted by atomic mass is 32.2.